The SMILES string of the molecule is O=C(O)N1CCCCC1(Cc1ccccc1)c1cc2nc(N3CCC3)ccn2n1. The molecular weight excluding hydrogens is 366 g/mol. The monoisotopic (exact) mass is 391 g/mol. The lowest BCUT2D eigenvalue weighted by atomic mass is 9.79. The van der Waals surface area contributed by atoms with Gasteiger partial charge in [-0.15, -0.1) is 0 Å². The molecule has 2 aliphatic heterocycles. The van der Waals surface area contributed by atoms with Crippen molar-refractivity contribution < 1.29 is 9.90 Å². The number of carbonyl (C=O) groups is 1. The summed E-state index contributed by atoms with van der Waals surface area (Å²) in [5, 5.41) is 14.8. The molecule has 2 aromatic heterocycles. The smallest absolute Gasteiger partial charge is 0.408 e. The van der Waals surface area contributed by atoms with E-state index in [1.165, 1.54) is 6.42 Å². The number of carboxylic acid groups (broad SMARTS) is 1. The van der Waals surface area contributed by atoms with Crippen LogP contribution in [0.15, 0.2) is 48.7 Å². The van der Waals surface area contributed by atoms with Crippen molar-refractivity contribution in [3.63, 3.8) is 0 Å². The lowest BCUT2D eigenvalue weighted by Crippen LogP contribution is -2.53. The van der Waals surface area contributed by atoms with Gasteiger partial charge < -0.3 is 10.0 Å². The Bertz CT molecular complexity index is 1030. The third kappa shape index (κ3) is 3.10. The second-order valence-electron chi connectivity index (χ2n) is 8.04. The second kappa shape index (κ2) is 7.06. The van der Waals surface area contributed by atoms with E-state index in [9.17, 15) is 9.90 Å². The molecule has 1 atom stereocenters. The average Bonchev–Trinajstić information content (AvgIpc) is 3.12. The lowest BCUT2D eigenvalue weighted by molar-refractivity contribution is 0.0415. The third-order valence-corrected chi connectivity index (χ3v) is 6.28. The highest BCUT2D eigenvalue weighted by molar-refractivity contribution is 5.67. The topological polar surface area (TPSA) is 74.0 Å². The summed E-state index contributed by atoms with van der Waals surface area (Å²) in [6.07, 6.45) is 5.49. The van der Waals surface area contributed by atoms with Crippen LogP contribution in [0.25, 0.3) is 5.65 Å². The summed E-state index contributed by atoms with van der Waals surface area (Å²) < 4.78 is 1.78. The van der Waals surface area contributed by atoms with Gasteiger partial charge in [0.15, 0.2) is 5.65 Å². The number of fused-ring (bicyclic) bond motifs is 1. The molecule has 4 heterocycles. The Labute approximate surface area is 169 Å². The van der Waals surface area contributed by atoms with Crippen LogP contribution < -0.4 is 4.90 Å². The van der Waals surface area contributed by atoms with Crippen molar-refractivity contribution in [3.05, 3.63) is 59.9 Å². The Morgan fingerprint density at radius 2 is 1.90 bits per heavy atom. The fourth-order valence-corrected chi connectivity index (χ4v) is 4.61. The minimum absolute atomic E-state index is 0.530. The van der Waals surface area contributed by atoms with E-state index in [0.29, 0.717) is 13.0 Å². The van der Waals surface area contributed by atoms with E-state index in [0.717, 1.165) is 55.1 Å². The minimum atomic E-state index is -0.882. The molecule has 1 unspecified atom stereocenters. The van der Waals surface area contributed by atoms with Crippen molar-refractivity contribution in [2.75, 3.05) is 24.5 Å². The van der Waals surface area contributed by atoms with E-state index in [1.807, 2.05) is 36.5 Å². The van der Waals surface area contributed by atoms with Gasteiger partial charge in [0.25, 0.3) is 0 Å². The number of aromatic nitrogens is 3. The number of rotatable bonds is 4. The van der Waals surface area contributed by atoms with Gasteiger partial charge in [-0.25, -0.2) is 14.3 Å². The molecule has 1 N–H and O–H groups in total. The second-order valence-corrected chi connectivity index (χ2v) is 8.04. The van der Waals surface area contributed by atoms with E-state index in [4.69, 9.17) is 10.1 Å². The van der Waals surface area contributed by atoms with Gasteiger partial charge in [0, 0.05) is 38.3 Å². The van der Waals surface area contributed by atoms with Crippen molar-refractivity contribution in [1.82, 2.24) is 19.5 Å². The largest absolute Gasteiger partial charge is 0.465 e. The van der Waals surface area contributed by atoms with Crippen LogP contribution in [-0.4, -0.2) is 50.3 Å². The van der Waals surface area contributed by atoms with Gasteiger partial charge in [-0.2, -0.15) is 5.10 Å². The number of hydrogen-bond donors (Lipinski definition) is 1. The molecule has 7 heteroatoms. The highest BCUT2D eigenvalue weighted by Crippen LogP contribution is 2.40. The Morgan fingerprint density at radius 3 is 2.62 bits per heavy atom. The van der Waals surface area contributed by atoms with Crippen LogP contribution in [0.5, 0.6) is 0 Å². The quantitative estimate of drug-likeness (QED) is 0.736. The Kier molecular flexibility index (Phi) is 4.38. The van der Waals surface area contributed by atoms with E-state index >= 15 is 0 Å². The van der Waals surface area contributed by atoms with Gasteiger partial charge in [-0.3, -0.25) is 4.90 Å². The van der Waals surface area contributed by atoms with Crippen molar-refractivity contribution in [2.24, 2.45) is 0 Å². The summed E-state index contributed by atoms with van der Waals surface area (Å²) in [6.45, 7) is 2.60. The molecule has 1 amide bonds. The molecule has 2 saturated heterocycles. The summed E-state index contributed by atoms with van der Waals surface area (Å²) in [7, 11) is 0. The molecule has 0 saturated carbocycles. The van der Waals surface area contributed by atoms with Crippen LogP contribution in [0.3, 0.4) is 0 Å². The number of likely N-dealkylation sites (tertiary alicyclic amines) is 1. The zero-order valence-corrected chi connectivity index (χ0v) is 16.4. The van der Waals surface area contributed by atoms with Crippen LogP contribution in [-0.2, 0) is 12.0 Å². The number of benzene rings is 1. The fraction of sp³-hybridized carbons (Fsp3) is 0.409. The molecule has 2 fully saturated rings. The van der Waals surface area contributed by atoms with Crippen LogP contribution in [0.2, 0.25) is 0 Å². The van der Waals surface area contributed by atoms with Crippen LogP contribution in [0.4, 0.5) is 10.6 Å². The van der Waals surface area contributed by atoms with Crippen molar-refractivity contribution in [2.45, 2.75) is 37.6 Å². The van der Waals surface area contributed by atoms with Gasteiger partial charge in [0.05, 0.1) is 11.2 Å². The first kappa shape index (κ1) is 18.0. The number of anilines is 1. The normalized spacial score (nSPS) is 21.9. The van der Waals surface area contributed by atoms with E-state index < -0.39 is 11.6 Å². The summed E-state index contributed by atoms with van der Waals surface area (Å²) in [5.74, 6) is 0.964. The Morgan fingerprint density at radius 1 is 1.07 bits per heavy atom. The predicted octanol–water partition coefficient (Wildman–Crippen LogP) is 3.54. The molecule has 7 nitrogen and oxygen atoms in total. The van der Waals surface area contributed by atoms with Gasteiger partial charge in [0.2, 0.25) is 0 Å². The number of hydrogen-bond acceptors (Lipinski definition) is 4. The molecule has 0 aliphatic carbocycles. The molecule has 5 rings (SSSR count). The maximum atomic E-state index is 12.2. The summed E-state index contributed by atoms with van der Waals surface area (Å²) in [5.41, 5.74) is 2.01. The molecule has 2 aliphatic rings. The highest BCUT2D eigenvalue weighted by Gasteiger charge is 2.45. The highest BCUT2D eigenvalue weighted by atomic mass is 16.4. The summed E-state index contributed by atoms with van der Waals surface area (Å²) >= 11 is 0. The number of piperidine rings is 1. The van der Waals surface area contributed by atoms with Gasteiger partial charge in [-0.1, -0.05) is 30.3 Å². The van der Waals surface area contributed by atoms with Gasteiger partial charge in [-0.05, 0) is 37.3 Å². The molecule has 3 aromatic rings. The first-order valence-electron chi connectivity index (χ1n) is 10.3. The van der Waals surface area contributed by atoms with Crippen molar-refractivity contribution in [3.8, 4) is 0 Å². The van der Waals surface area contributed by atoms with E-state index in [2.05, 4.69) is 17.0 Å². The molecule has 0 spiro atoms. The van der Waals surface area contributed by atoms with Gasteiger partial charge >= 0.3 is 6.09 Å². The zero-order valence-electron chi connectivity index (χ0n) is 16.4. The van der Waals surface area contributed by atoms with E-state index in [-0.39, 0.29) is 0 Å². The van der Waals surface area contributed by atoms with Crippen LogP contribution >= 0.6 is 0 Å². The third-order valence-electron chi connectivity index (χ3n) is 6.28. The maximum absolute atomic E-state index is 12.2. The molecule has 1 aromatic carbocycles. The first-order chi connectivity index (χ1) is 14.2. The molecule has 150 valence electrons. The average molecular weight is 391 g/mol. The lowest BCUT2D eigenvalue weighted by Gasteiger charge is -2.44. The molecular formula is C22H25N5O2. The predicted molar refractivity (Wildman–Crippen MR) is 110 cm³/mol. The van der Waals surface area contributed by atoms with Crippen LogP contribution in [0.1, 0.15) is 36.9 Å². The molecule has 0 bridgehead atoms. The standard InChI is InChI=1S/C22H25N5O2/c28-21(29)26-13-5-4-10-22(26,16-17-7-2-1-3-8-17)18-15-20-23-19(25-11-6-12-25)9-14-27(20)24-18/h1-3,7-9,14-15H,4-6,10-13,16H2,(H,28,29). The Hall–Kier alpha value is -3.09. The van der Waals surface area contributed by atoms with Crippen molar-refractivity contribution in [1.29, 1.82) is 0 Å². The molecule has 29 heavy (non-hydrogen) atoms. The first-order valence-corrected chi connectivity index (χ1v) is 10.3. The number of nitrogens with zero attached hydrogens (tertiary/aromatic N) is 5. The molecule has 0 radical (unpaired) electrons. The van der Waals surface area contributed by atoms with Gasteiger partial charge in [0.1, 0.15) is 5.82 Å². The van der Waals surface area contributed by atoms with Crippen LogP contribution in [0, 0.1) is 0 Å². The zero-order chi connectivity index (χ0) is 19.8. The fourth-order valence-electron chi connectivity index (χ4n) is 4.61. The summed E-state index contributed by atoms with van der Waals surface area (Å²) in [6, 6.07) is 14.1. The summed E-state index contributed by atoms with van der Waals surface area (Å²) in [4.78, 5) is 20.8. The van der Waals surface area contributed by atoms with Crippen molar-refractivity contribution >= 4 is 17.6 Å². The van der Waals surface area contributed by atoms with E-state index in [1.54, 1.807) is 9.42 Å². The number of amides is 1. The minimum Gasteiger partial charge on any atom is -0.465 e. The Balaban J connectivity index is 1.60. The maximum Gasteiger partial charge on any atom is 0.408 e.